The van der Waals surface area contributed by atoms with Gasteiger partial charge >= 0.3 is 0 Å². The third-order valence-electron chi connectivity index (χ3n) is 3.99. The Bertz CT molecular complexity index is 183. The zero-order valence-electron chi connectivity index (χ0n) is 11.7. The van der Waals surface area contributed by atoms with Crippen LogP contribution in [0.4, 0.5) is 0 Å². The van der Waals surface area contributed by atoms with Gasteiger partial charge in [0.1, 0.15) is 0 Å². The maximum absolute atomic E-state index is 3.60. The predicted molar refractivity (Wildman–Crippen MR) is 71.8 cm³/mol. The Morgan fingerprint density at radius 2 is 1.81 bits per heavy atom. The average Bonchev–Trinajstić information content (AvgIpc) is 2.27. The topological polar surface area (TPSA) is 15.3 Å². The van der Waals surface area contributed by atoms with Gasteiger partial charge in [-0.25, -0.2) is 0 Å². The van der Waals surface area contributed by atoms with Crippen molar-refractivity contribution >= 4 is 0 Å². The molecule has 0 aromatic heterocycles. The summed E-state index contributed by atoms with van der Waals surface area (Å²) in [6.45, 7) is 7.05. The Kier molecular flexibility index (Phi) is 5.77. The van der Waals surface area contributed by atoms with E-state index < -0.39 is 0 Å². The summed E-state index contributed by atoms with van der Waals surface area (Å²) in [5.74, 6) is 0.780. The molecule has 0 aromatic rings. The maximum atomic E-state index is 3.60. The van der Waals surface area contributed by atoms with Crippen LogP contribution in [0, 0.1) is 5.92 Å². The molecule has 1 fully saturated rings. The monoisotopic (exact) mass is 226 g/mol. The molecule has 0 aromatic carbocycles. The number of nitrogens with zero attached hydrogens (tertiary/aromatic N) is 1. The van der Waals surface area contributed by atoms with Gasteiger partial charge in [0, 0.05) is 12.1 Å². The Morgan fingerprint density at radius 3 is 2.31 bits per heavy atom. The van der Waals surface area contributed by atoms with Gasteiger partial charge < -0.3 is 10.2 Å². The number of hydrogen-bond acceptors (Lipinski definition) is 2. The van der Waals surface area contributed by atoms with Crippen LogP contribution in [0.3, 0.4) is 0 Å². The van der Waals surface area contributed by atoms with Crippen molar-refractivity contribution in [1.29, 1.82) is 0 Å². The van der Waals surface area contributed by atoms with E-state index in [4.69, 9.17) is 0 Å². The predicted octanol–water partition coefficient (Wildman–Crippen LogP) is 2.89. The van der Waals surface area contributed by atoms with E-state index in [0.29, 0.717) is 5.54 Å². The first-order chi connectivity index (χ1) is 7.58. The largest absolute Gasteiger partial charge is 0.314 e. The van der Waals surface area contributed by atoms with Crippen molar-refractivity contribution in [3.05, 3.63) is 0 Å². The van der Waals surface area contributed by atoms with E-state index in [9.17, 15) is 0 Å². The quantitative estimate of drug-likeness (QED) is 0.749. The minimum Gasteiger partial charge on any atom is -0.314 e. The van der Waals surface area contributed by atoms with Gasteiger partial charge in [-0.3, -0.25) is 0 Å². The summed E-state index contributed by atoms with van der Waals surface area (Å²) in [4.78, 5) is 2.48. The van der Waals surface area contributed by atoms with Gasteiger partial charge in [0.2, 0.25) is 0 Å². The lowest BCUT2D eigenvalue weighted by Crippen LogP contribution is -2.46. The molecule has 0 heterocycles. The third-order valence-corrected chi connectivity index (χ3v) is 3.99. The van der Waals surface area contributed by atoms with Gasteiger partial charge in [0.05, 0.1) is 0 Å². The number of rotatable bonds is 6. The summed E-state index contributed by atoms with van der Waals surface area (Å²) in [5.41, 5.74) is 0.448. The van der Waals surface area contributed by atoms with Gasteiger partial charge in [-0.1, -0.05) is 33.1 Å². The average molecular weight is 226 g/mol. The highest BCUT2D eigenvalue weighted by atomic mass is 15.1. The zero-order valence-corrected chi connectivity index (χ0v) is 11.7. The standard InChI is InChI=1S/C14H30N2/c1-13(2)12-16(4)11-10-14(15-3)8-6-5-7-9-14/h13,15H,5-12H2,1-4H3. The molecule has 1 aliphatic carbocycles. The molecule has 1 rings (SSSR count). The minimum atomic E-state index is 0.448. The second kappa shape index (κ2) is 6.61. The molecular weight excluding hydrogens is 196 g/mol. The Hall–Kier alpha value is -0.0800. The fourth-order valence-corrected chi connectivity index (χ4v) is 2.97. The van der Waals surface area contributed by atoms with Crippen LogP contribution in [-0.4, -0.2) is 37.6 Å². The Balaban J connectivity index is 2.32. The molecule has 0 bridgehead atoms. The summed E-state index contributed by atoms with van der Waals surface area (Å²) < 4.78 is 0. The van der Waals surface area contributed by atoms with E-state index in [1.807, 2.05) is 0 Å². The van der Waals surface area contributed by atoms with Gasteiger partial charge in [-0.2, -0.15) is 0 Å². The summed E-state index contributed by atoms with van der Waals surface area (Å²) >= 11 is 0. The van der Waals surface area contributed by atoms with E-state index in [-0.39, 0.29) is 0 Å². The Labute approximate surface area is 102 Å². The van der Waals surface area contributed by atoms with Crippen molar-refractivity contribution in [3.63, 3.8) is 0 Å². The van der Waals surface area contributed by atoms with E-state index in [2.05, 4.69) is 38.2 Å². The first kappa shape index (κ1) is 14.0. The molecular formula is C14H30N2. The van der Waals surface area contributed by atoms with Crippen molar-refractivity contribution < 1.29 is 0 Å². The van der Waals surface area contributed by atoms with Crippen LogP contribution in [0.25, 0.3) is 0 Å². The molecule has 0 unspecified atom stereocenters. The Morgan fingerprint density at radius 1 is 1.19 bits per heavy atom. The second-order valence-electron chi connectivity index (χ2n) is 6.00. The zero-order chi connectivity index (χ0) is 12.0. The number of nitrogens with one attached hydrogen (secondary N) is 1. The van der Waals surface area contributed by atoms with Gasteiger partial charge in [0.15, 0.2) is 0 Å². The van der Waals surface area contributed by atoms with Gasteiger partial charge in [-0.05, 0) is 45.8 Å². The molecule has 0 amide bonds. The van der Waals surface area contributed by atoms with Crippen LogP contribution in [0.1, 0.15) is 52.4 Å². The molecule has 0 spiro atoms. The first-order valence-electron chi connectivity index (χ1n) is 6.95. The van der Waals surface area contributed by atoms with Crippen molar-refractivity contribution in [2.75, 3.05) is 27.2 Å². The highest BCUT2D eigenvalue weighted by molar-refractivity contribution is 4.90. The van der Waals surface area contributed by atoms with Crippen LogP contribution < -0.4 is 5.32 Å². The molecule has 16 heavy (non-hydrogen) atoms. The van der Waals surface area contributed by atoms with Crippen LogP contribution >= 0.6 is 0 Å². The van der Waals surface area contributed by atoms with Gasteiger partial charge in [0.25, 0.3) is 0 Å². The molecule has 1 saturated carbocycles. The normalized spacial score (nSPS) is 20.6. The SMILES string of the molecule is CNC1(CCN(C)CC(C)C)CCCCC1. The summed E-state index contributed by atoms with van der Waals surface area (Å²) in [5, 5.41) is 3.60. The molecule has 1 N–H and O–H groups in total. The summed E-state index contributed by atoms with van der Waals surface area (Å²) in [6, 6.07) is 0. The molecule has 2 nitrogen and oxygen atoms in total. The lowest BCUT2D eigenvalue weighted by molar-refractivity contribution is 0.190. The number of hydrogen-bond donors (Lipinski definition) is 1. The minimum absolute atomic E-state index is 0.448. The summed E-state index contributed by atoms with van der Waals surface area (Å²) in [6.07, 6.45) is 8.32. The highest BCUT2D eigenvalue weighted by Gasteiger charge is 2.29. The molecule has 2 heteroatoms. The van der Waals surface area contributed by atoms with E-state index in [0.717, 1.165) is 5.92 Å². The van der Waals surface area contributed by atoms with Crippen molar-refractivity contribution in [2.24, 2.45) is 5.92 Å². The fourth-order valence-electron chi connectivity index (χ4n) is 2.97. The smallest absolute Gasteiger partial charge is 0.0190 e. The molecule has 0 saturated heterocycles. The van der Waals surface area contributed by atoms with Crippen LogP contribution in [0.5, 0.6) is 0 Å². The van der Waals surface area contributed by atoms with Crippen molar-refractivity contribution in [2.45, 2.75) is 57.9 Å². The van der Waals surface area contributed by atoms with Crippen LogP contribution in [0.15, 0.2) is 0 Å². The van der Waals surface area contributed by atoms with Gasteiger partial charge in [-0.15, -0.1) is 0 Å². The van der Waals surface area contributed by atoms with Crippen molar-refractivity contribution in [1.82, 2.24) is 10.2 Å². The van der Waals surface area contributed by atoms with E-state index in [1.54, 1.807) is 0 Å². The fraction of sp³-hybridized carbons (Fsp3) is 1.00. The van der Waals surface area contributed by atoms with E-state index >= 15 is 0 Å². The molecule has 96 valence electrons. The summed E-state index contributed by atoms with van der Waals surface area (Å²) in [7, 11) is 4.40. The lowest BCUT2D eigenvalue weighted by atomic mass is 9.79. The molecule has 1 aliphatic rings. The maximum Gasteiger partial charge on any atom is 0.0190 e. The first-order valence-corrected chi connectivity index (χ1v) is 6.95. The highest BCUT2D eigenvalue weighted by Crippen LogP contribution is 2.30. The van der Waals surface area contributed by atoms with E-state index in [1.165, 1.54) is 51.6 Å². The molecule has 0 radical (unpaired) electrons. The third kappa shape index (κ3) is 4.42. The molecule has 0 atom stereocenters. The molecule has 0 aliphatic heterocycles. The van der Waals surface area contributed by atoms with Crippen molar-refractivity contribution in [3.8, 4) is 0 Å². The lowest BCUT2D eigenvalue weighted by Gasteiger charge is -2.38. The second-order valence-corrected chi connectivity index (χ2v) is 6.00. The van der Waals surface area contributed by atoms with Crippen LogP contribution in [-0.2, 0) is 0 Å². The van der Waals surface area contributed by atoms with Crippen LogP contribution in [0.2, 0.25) is 0 Å².